The van der Waals surface area contributed by atoms with Crippen molar-refractivity contribution in [3.8, 4) is 6.19 Å². The number of ketones is 1. The van der Waals surface area contributed by atoms with Gasteiger partial charge in [-0.1, -0.05) is 6.92 Å². The summed E-state index contributed by atoms with van der Waals surface area (Å²) in [5.74, 6) is 0.443. The Kier molecular flexibility index (Phi) is 3.33. The summed E-state index contributed by atoms with van der Waals surface area (Å²) in [7, 11) is 0. The molecule has 0 radical (unpaired) electrons. The summed E-state index contributed by atoms with van der Waals surface area (Å²) in [6.45, 7) is 10.1. The molecule has 1 aliphatic rings. The fraction of sp³-hybridized carbons (Fsp3) is 0.846. The fourth-order valence-electron chi connectivity index (χ4n) is 3.07. The lowest BCUT2D eigenvalue weighted by Gasteiger charge is -2.52. The number of piperidine rings is 1. The third-order valence-corrected chi connectivity index (χ3v) is 3.61. The van der Waals surface area contributed by atoms with E-state index in [1.54, 1.807) is 0 Å². The zero-order chi connectivity index (χ0) is 12.6. The lowest BCUT2D eigenvalue weighted by molar-refractivity contribution is -0.128. The fourth-order valence-corrected chi connectivity index (χ4v) is 3.07. The molecule has 16 heavy (non-hydrogen) atoms. The Labute approximate surface area is 98.4 Å². The van der Waals surface area contributed by atoms with Gasteiger partial charge in [0.05, 0.1) is 0 Å². The number of hydrogen-bond acceptors (Lipinski definition) is 3. The van der Waals surface area contributed by atoms with Gasteiger partial charge in [0.15, 0.2) is 6.19 Å². The highest BCUT2D eigenvalue weighted by atomic mass is 16.1. The minimum Gasteiger partial charge on any atom is -0.300 e. The number of Topliss-reactive ketones (excluding diaryl/α,β-unsaturated/α-hetero) is 1. The Bertz CT molecular complexity index is 307. The molecule has 0 unspecified atom stereocenters. The Hall–Kier alpha value is -1.04. The van der Waals surface area contributed by atoms with Crippen molar-refractivity contribution >= 4 is 5.78 Å². The second kappa shape index (κ2) is 4.08. The first-order chi connectivity index (χ1) is 7.24. The zero-order valence-electron chi connectivity index (χ0n) is 11.0. The minimum atomic E-state index is -0.216. The predicted molar refractivity (Wildman–Crippen MR) is 63.6 cm³/mol. The predicted octanol–water partition coefficient (Wildman–Crippen LogP) is 2.72. The molecule has 3 heteroatoms. The molecular weight excluding hydrogens is 200 g/mol. The van der Waals surface area contributed by atoms with Crippen LogP contribution in [-0.2, 0) is 4.79 Å². The molecular formula is C13H22N2O. The highest BCUT2D eigenvalue weighted by Gasteiger charge is 2.46. The maximum atomic E-state index is 11.8. The SMILES string of the molecule is CCC(=O)C1CC(C)(C)N(C#N)C(C)(C)C1. The lowest BCUT2D eigenvalue weighted by Crippen LogP contribution is -2.59. The second-order valence-corrected chi connectivity index (χ2v) is 5.99. The molecule has 3 nitrogen and oxygen atoms in total. The minimum absolute atomic E-state index is 0.111. The summed E-state index contributed by atoms with van der Waals surface area (Å²) in [6.07, 6.45) is 4.46. The number of nitriles is 1. The van der Waals surface area contributed by atoms with Gasteiger partial charge in [-0.2, -0.15) is 5.26 Å². The summed E-state index contributed by atoms with van der Waals surface area (Å²) in [5.41, 5.74) is -0.433. The van der Waals surface area contributed by atoms with Gasteiger partial charge in [0.25, 0.3) is 0 Å². The smallest absolute Gasteiger partial charge is 0.180 e. The van der Waals surface area contributed by atoms with Crippen LogP contribution in [0.2, 0.25) is 0 Å². The van der Waals surface area contributed by atoms with Crippen LogP contribution in [0.25, 0.3) is 0 Å². The molecule has 90 valence electrons. The number of carbonyl (C=O) groups is 1. The van der Waals surface area contributed by atoms with E-state index in [2.05, 4.69) is 6.19 Å². The van der Waals surface area contributed by atoms with Crippen LogP contribution in [0.5, 0.6) is 0 Å². The van der Waals surface area contributed by atoms with Crippen molar-refractivity contribution in [1.82, 2.24) is 4.90 Å². The number of carbonyl (C=O) groups excluding carboxylic acids is 1. The summed E-state index contributed by atoms with van der Waals surface area (Å²) in [5, 5.41) is 9.24. The van der Waals surface area contributed by atoms with Crippen molar-refractivity contribution in [3.05, 3.63) is 0 Å². The van der Waals surface area contributed by atoms with E-state index in [4.69, 9.17) is 0 Å². The van der Waals surface area contributed by atoms with Gasteiger partial charge in [0.1, 0.15) is 5.78 Å². The lowest BCUT2D eigenvalue weighted by atomic mass is 9.72. The van der Waals surface area contributed by atoms with Crippen molar-refractivity contribution in [1.29, 1.82) is 5.26 Å². The van der Waals surface area contributed by atoms with Gasteiger partial charge < -0.3 is 0 Å². The molecule has 0 saturated carbocycles. The monoisotopic (exact) mass is 222 g/mol. The van der Waals surface area contributed by atoms with Crippen LogP contribution in [-0.4, -0.2) is 21.8 Å². The third-order valence-electron chi connectivity index (χ3n) is 3.61. The molecule has 1 aliphatic heterocycles. The van der Waals surface area contributed by atoms with Crippen LogP contribution in [0.15, 0.2) is 0 Å². The average molecular weight is 222 g/mol. The number of nitrogens with zero attached hydrogens (tertiary/aromatic N) is 2. The van der Waals surface area contributed by atoms with Crippen LogP contribution in [0, 0.1) is 17.4 Å². The first kappa shape index (κ1) is 13.0. The van der Waals surface area contributed by atoms with Crippen molar-refractivity contribution in [3.63, 3.8) is 0 Å². The van der Waals surface area contributed by atoms with Crippen LogP contribution in [0.4, 0.5) is 0 Å². The number of likely N-dealkylation sites (tertiary alicyclic amines) is 1. The first-order valence-corrected chi connectivity index (χ1v) is 5.97. The van der Waals surface area contributed by atoms with E-state index in [-0.39, 0.29) is 17.0 Å². The van der Waals surface area contributed by atoms with E-state index >= 15 is 0 Å². The van der Waals surface area contributed by atoms with Gasteiger partial charge in [-0.05, 0) is 40.5 Å². The van der Waals surface area contributed by atoms with E-state index in [1.165, 1.54) is 0 Å². The molecule has 0 spiro atoms. The topological polar surface area (TPSA) is 44.1 Å². The zero-order valence-corrected chi connectivity index (χ0v) is 11.0. The van der Waals surface area contributed by atoms with Crippen molar-refractivity contribution in [2.75, 3.05) is 0 Å². The maximum absolute atomic E-state index is 11.8. The summed E-state index contributed by atoms with van der Waals surface area (Å²) in [6, 6.07) is 0. The molecule has 0 atom stereocenters. The molecule has 1 fully saturated rings. The van der Waals surface area contributed by atoms with Crippen LogP contribution >= 0.6 is 0 Å². The first-order valence-electron chi connectivity index (χ1n) is 5.97. The van der Waals surface area contributed by atoms with Crippen molar-refractivity contribution in [2.24, 2.45) is 5.92 Å². The maximum Gasteiger partial charge on any atom is 0.180 e. The molecule has 0 aromatic carbocycles. The van der Waals surface area contributed by atoms with Gasteiger partial charge in [-0.25, -0.2) is 0 Å². The van der Waals surface area contributed by atoms with E-state index in [1.807, 2.05) is 39.5 Å². The highest BCUT2D eigenvalue weighted by Crippen LogP contribution is 2.41. The average Bonchev–Trinajstić information content (AvgIpc) is 2.13. The summed E-state index contributed by atoms with van der Waals surface area (Å²) < 4.78 is 0. The molecule has 0 aliphatic carbocycles. The largest absolute Gasteiger partial charge is 0.300 e. The van der Waals surface area contributed by atoms with Crippen LogP contribution < -0.4 is 0 Å². The Morgan fingerprint density at radius 1 is 1.31 bits per heavy atom. The highest BCUT2D eigenvalue weighted by molar-refractivity contribution is 5.81. The third kappa shape index (κ3) is 2.21. The van der Waals surface area contributed by atoms with Crippen LogP contribution in [0.1, 0.15) is 53.9 Å². The number of hydrogen-bond donors (Lipinski definition) is 0. The normalized spacial score (nSPS) is 23.9. The summed E-state index contributed by atoms with van der Waals surface area (Å²) >= 11 is 0. The van der Waals surface area contributed by atoms with E-state index in [0.29, 0.717) is 12.2 Å². The van der Waals surface area contributed by atoms with Crippen molar-refractivity contribution < 1.29 is 4.79 Å². The van der Waals surface area contributed by atoms with Crippen molar-refractivity contribution in [2.45, 2.75) is 65.0 Å². The molecule has 0 aromatic rings. The molecule has 1 heterocycles. The molecule has 1 saturated heterocycles. The summed E-state index contributed by atoms with van der Waals surface area (Å²) in [4.78, 5) is 13.7. The molecule has 0 bridgehead atoms. The Morgan fingerprint density at radius 2 is 1.75 bits per heavy atom. The Balaban J connectivity index is 2.99. The van der Waals surface area contributed by atoms with Gasteiger partial charge in [-0.3, -0.25) is 9.69 Å². The standard InChI is InChI=1S/C13H22N2O/c1-6-11(16)10-7-12(2,3)15(9-14)13(4,5)8-10/h10H,6-8H2,1-5H3. The van der Waals surface area contributed by atoms with Gasteiger partial charge in [-0.15, -0.1) is 0 Å². The van der Waals surface area contributed by atoms with E-state index in [0.717, 1.165) is 12.8 Å². The molecule has 1 rings (SSSR count). The van der Waals surface area contributed by atoms with E-state index in [9.17, 15) is 10.1 Å². The van der Waals surface area contributed by atoms with Gasteiger partial charge in [0.2, 0.25) is 0 Å². The number of rotatable bonds is 2. The second-order valence-electron chi connectivity index (χ2n) is 5.99. The van der Waals surface area contributed by atoms with Crippen LogP contribution in [0.3, 0.4) is 0 Å². The Morgan fingerprint density at radius 3 is 2.06 bits per heavy atom. The van der Waals surface area contributed by atoms with Gasteiger partial charge >= 0.3 is 0 Å². The molecule has 0 N–H and O–H groups in total. The van der Waals surface area contributed by atoms with E-state index < -0.39 is 0 Å². The molecule has 0 amide bonds. The van der Waals surface area contributed by atoms with Gasteiger partial charge in [0, 0.05) is 23.4 Å². The quantitative estimate of drug-likeness (QED) is 0.675. The molecule has 0 aromatic heterocycles.